The van der Waals surface area contributed by atoms with Gasteiger partial charge in [-0.2, -0.15) is 0 Å². The summed E-state index contributed by atoms with van der Waals surface area (Å²) in [5.74, 6) is -0.576. The topological polar surface area (TPSA) is 30.2 Å². The molecule has 0 aliphatic heterocycles. The molecule has 0 amide bonds. The van der Waals surface area contributed by atoms with Crippen molar-refractivity contribution in [3.05, 3.63) is 69.1 Å². The fraction of sp³-hybridized carbons (Fsp3) is 0. The highest BCUT2D eigenvalue weighted by Crippen LogP contribution is 2.27. The number of rotatable bonds is 2. The number of furan rings is 1. The van der Waals surface area contributed by atoms with Crippen molar-refractivity contribution < 1.29 is 13.6 Å². The first-order chi connectivity index (χ1) is 9.54. The van der Waals surface area contributed by atoms with Gasteiger partial charge in [0.1, 0.15) is 11.4 Å². The van der Waals surface area contributed by atoms with E-state index in [1.54, 1.807) is 18.2 Å². The van der Waals surface area contributed by atoms with E-state index >= 15 is 0 Å². The molecule has 5 heteroatoms. The van der Waals surface area contributed by atoms with E-state index in [2.05, 4.69) is 15.9 Å². The number of carbonyl (C=O) groups is 1. The number of carbonyl (C=O) groups excluding carboxylic acids is 1. The van der Waals surface area contributed by atoms with Crippen molar-refractivity contribution in [2.75, 3.05) is 0 Å². The Morgan fingerprint density at radius 3 is 2.70 bits per heavy atom. The lowest BCUT2D eigenvalue weighted by molar-refractivity contribution is 0.101. The maximum atomic E-state index is 13.1. The summed E-state index contributed by atoms with van der Waals surface area (Å²) in [5.41, 5.74) is 0.803. The third kappa shape index (κ3) is 2.37. The van der Waals surface area contributed by atoms with Crippen LogP contribution in [0.4, 0.5) is 4.39 Å². The minimum absolute atomic E-state index is 0.134. The fourth-order valence-corrected chi connectivity index (χ4v) is 2.69. The first kappa shape index (κ1) is 13.3. The number of halogens is 3. The van der Waals surface area contributed by atoms with Crippen LogP contribution in [-0.2, 0) is 0 Å². The van der Waals surface area contributed by atoms with Gasteiger partial charge in [0.25, 0.3) is 0 Å². The molecule has 1 heterocycles. The summed E-state index contributed by atoms with van der Waals surface area (Å²) < 4.78 is 19.3. The van der Waals surface area contributed by atoms with Gasteiger partial charge in [0.2, 0.25) is 5.78 Å². The number of benzene rings is 2. The second-order valence-corrected chi connectivity index (χ2v) is 5.57. The van der Waals surface area contributed by atoms with E-state index in [4.69, 9.17) is 16.0 Å². The predicted octanol–water partition coefficient (Wildman–Crippen LogP) is 5.22. The van der Waals surface area contributed by atoms with Crippen molar-refractivity contribution in [3.8, 4) is 0 Å². The number of ketones is 1. The van der Waals surface area contributed by atoms with Crippen molar-refractivity contribution in [2.24, 2.45) is 0 Å². The highest BCUT2D eigenvalue weighted by Gasteiger charge is 2.17. The maximum absolute atomic E-state index is 13.1. The number of fused-ring (bicyclic) bond motifs is 1. The Labute approximate surface area is 127 Å². The molecule has 0 radical (unpaired) electrons. The second-order valence-electron chi connectivity index (χ2n) is 4.25. The third-order valence-corrected chi connectivity index (χ3v) is 3.68. The van der Waals surface area contributed by atoms with Crippen LogP contribution in [0.25, 0.3) is 11.0 Å². The molecule has 2 nitrogen and oxygen atoms in total. The van der Waals surface area contributed by atoms with E-state index in [1.165, 1.54) is 24.3 Å². The van der Waals surface area contributed by atoms with Crippen molar-refractivity contribution in [1.29, 1.82) is 0 Å². The molecule has 20 heavy (non-hydrogen) atoms. The van der Waals surface area contributed by atoms with Crippen LogP contribution in [0.5, 0.6) is 0 Å². The molecule has 0 fully saturated rings. The van der Waals surface area contributed by atoms with Gasteiger partial charge < -0.3 is 4.42 Å². The molecule has 0 spiro atoms. The van der Waals surface area contributed by atoms with Crippen LogP contribution in [-0.4, -0.2) is 5.78 Å². The van der Waals surface area contributed by atoms with Crippen molar-refractivity contribution in [3.63, 3.8) is 0 Å². The zero-order chi connectivity index (χ0) is 14.3. The zero-order valence-electron chi connectivity index (χ0n) is 9.99. The summed E-state index contributed by atoms with van der Waals surface area (Å²) in [5, 5.41) is 0.873. The van der Waals surface area contributed by atoms with Crippen LogP contribution in [0.15, 0.2) is 51.4 Å². The Morgan fingerprint density at radius 1 is 1.15 bits per heavy atom. The molecule has 0 saturated carbocycles. The SMILES string of the molecule is O=C(c1cc2cc(F)ccc2o1)c1ccc(Br)cc1Cl. The summed E-state index contributed by atoms with van der Waals surface area (Å²) in [6, 6.07) is 10.6. The van der Waals surface area contributed by atoms with Crippen molar-refractivity contribution in [2.45, 2.75) is 0 Å². The first-order valence-corrected chi connectivity index (χ1v) is 6.90. The summed E-state index contributed by atoms with van der Waals surface area (Å²) >= 11 is 9.32. The van der Waals surface area contributed by atoms with E-state index in [0.29, 0.717) is 21.6 Å². The Kier molecular flexibility index (Phi) is 3.36. The molecule has 0 aliphatic rings. The zero-order valence-corrected chi connectivity index (χ0v) is 12.3. The molecule has 2 aromatic carbocycles. The van der Waals surface area contributed by atoms with Gasteiger partial charge in [-0.05, 0) is 42.5 Å². The molecule has 0 aliphatic carbocycles. The normalized spacial score (nSPS) is 10.9. The van der Waals surface area contributed by atoms with Gasteiger partial charge >= 0.3 is 0 Å². The minimum Gasteiger partial charge on any atom is -0.453 e. The number of hydrogen-bond acceptors (Lipinski definition) is 2. The molecule has 0 atom stereocenters. The van der Waals surface area contributed by atoms with E-state index < -0.39 is 0 Å². The Bertz CT molecular complexity index is 826. The standard InChI is InChI=1S/C15H7BrClFO2/c16-9-1-3-11(12(17)7-9)15(19)14-6-8-5-10(18)2-4-13(8)20-14/h1-7H. The minimum atomic E-state index is -0.376. The van der Waals surface area contributed by atoms with Crippen LogP contribution in [0.2, 0.25) is 5.02 Å². The lowest BCUT2D eigenvalue weighted by Crippen LogP contribution is -2.00. The molecule has 3 aromatic rings. The van der Waals surface area contributed by atoms with Crippen molar-refractivity contribution >= 4 is 44.3 Å². The van der Waals surface area contributed by atoms with Crippen molar-refractivity contribution in [1.82, 2.24) is 0 Å². The fourth-order valence-electron chi connectivity index (χ4n) is 1.93. The molecule has 0 unspecified atom stereocenters. The average molecular weight is 354 g/mol. The van der Waals surface area contributed by atoms with Gasteiger partial charge in [0.15, 0.2) is 5.76 Å². The highest BCUT2D eigenvalue weighted by atomic mass is 79.9. The van der Waals surface area contributed by atoms with E-state index in [0.717, 1.165) is 4.47 Å². The predicted molar refractivity (Wildman–Crippen MR) is 78.8 cm³/mol. The summed E-state index contributed by atoms with van der Waals surface area (Å²) in [7, 11) is 0. The van der Waals surface area contributed by atoms with Gasteiger partial charge in [-0.25, -0.2) is 4.39 Å². The Morgan fingerprint density at radius 2 is 1.95 bits per heavy atom. The van der Waals surface area contributed by atoms with Gasteiger partial charge in [-0.3, -0.25) is 4.79 Å². The smallest absolute Gasteiger partial charge is 0.229 e. The largest absolute Gasteiger partial charge is 0.453 e. The highest BCUT2D eigenvalue weighted by molar-refractivity contribution is 9.10. The van der Waals surface area contributed by atoms with Crippen LogP contribution in [0.3, 0.4) is 0 Å². The molecule has 100 valence electrons. The summed E-state index contributed by atoms with van der Waals surface area (Å²) in [6.45, 7) is 0. The molecule has 0 N–H and O–H groups in total. The van der Waals surface area contributed by atoms with E-state index in [-0.39, 0.29) is 17.4 Å². The first-order valence-electron chi connectivity index (χ1n) is 5.73. The molecular weight excluding hydrogens is 347 g/mol. The molecule has 0 bridgehead atoms. The lowest BCUT2D eigenvalue weighted by atomic mass is 10.1. The van der Waals surface area contributed by atoms with Gasteiger partial charge in [0.05, 0.1) is 5.02 Å². The maximum Gasteiger partial charge on any atom is 0.229 e. The van der Waals surface area contributed by atoms with Crippen LogP contribution in [0, 0.1) is 5.82 Å². The summed E-state index contributed by atoms with van der Waals surface area (Å²) in [4.78, 5) is 12.3. The summed E-state index contributed by atoms with van der Waals surface area (Å²) in [6.07, 6.45) is 0. The number of hydrogen-bond donors (Lipinski definition) is 0. The van der Waals surface area contributed by atoms with Gasteiger partial charge in [0, 0.05) is 15.4 Å². The van der Waals surface area contributed by atoms with E-state index in [9.17, 15) is 9.18 Å². The van der Waals surface area contributed by atoms with Gasteiger partial charge in [-0.1, -0.05) is 27.5 Å². The van der Waals surface area contributed by atoms with Crippen LogP contribution < -0.4 is 0 Å². The second kappa shape index (κ2) is 5.04. The Balaban J connectivity index is 2.08. The van der Waals surface area contributed by atoms with Crippen LogP contribution in [0.1, 0.15) is 16.1 Å². The monoisotopic (exact) mass is 352 g/mol. The molecular formula is C15H7BrClFO2. The molecule has 1 aromatic heterocycles. The third-order valence-electron chi connectivity index (χ3n) is 2.88. The van der Waals surface area contributed by atoms with Gasteiger partial charge in [-0.15, -0.1) is 0 Å². The average Bonchev–Trinajstić information content (AvgIpc) is 2.81. The van der Waals surface area contributed by atoms with Crippen LogP contribution >= 0.6 is 27.5 Å². The quantitative estimate of drug-likeness (QED) is 0.591. The lowest BCUT2D eigenvalue weighted by Gasteiger charge is -2.01. The Hall–Kier alpha value is -1.65. The van der Waals surface area contributed by atoms with E-state index in [1.807, 2.05) is 0 Å². The molecule has 0 saturated heterocycles. The molecule has 3 rings (SSSR count).